The first-order valence-electron chi connectivity index (χ1n) is 7.91. The number of fused-ring (bicyclic) bond motifs is 1. The Morgan fingerprint density at radius 1 is 1.04 bits per heavy atom. The van der Waals surface area contributed by atoms with Crippen LogP contribution < -0.4 is 14.8 Å². The summed E-state index contributed by atoms with van der Waals surface area (Å²) in [6.07, 6.45) is 0.991. The Kier molecular flexibility index (Phi) is 5.16. The topological polar surface area (TPSA) is 39.7 Å². The molecule has 0 saturated heterocycles. The molecule has 1 heterocycles. The number of methoxy groups -OCH3 is 2. The lowest BCUT2D eigenvalue weighted by atomic mass is 9.94. The first-order chi connectivity index (χ1) is 11.3. The van der Waals surface area contributed by atoms with Crippen LogP contribution in [0, 0.1) is 0 Å². The van der Waals surface area contributed by atoms with Gasteiger partial charge in [-0.05, 0) is 41.8 Å². The van der Waals surface area contributed by atoms with Crippen LogP contribution in [0.15, 0.2) is 42.5 Å². The summed E-state index contributed by atoms with van der Waals surface area (Å²) < 4.78 is 16.7. The van der Waals surface area contributed by atoms with Crippen molar-refractivity contribution in [2.45, 2.75) is 19.1 Å². The summed E-state index contributed by atoms with van der Waals surface area (Å²) in [4.78, 5) is 0. The van der Waals surface area contributed by atoms with Crippen LogP contribution in [-0.4, -0.2) is 27.4 Å². The molecule has 2 aromatic rings. The monoisotopic (exact) mass is 313 g/mol. The third kappa shape index (κ3) is 3.66. The van der Waals surface area contributed by atoms with Crippen LogP contribution in [0.25, 0.3) is 0 Å². The maximum atomic E-state index is 5.91. The molecule has 4 heteroatoms. The van der Waals surface area contributed by atoms with Crippen molar-refractivity contribution in [3.05, 3.63) is 59.2 Å². The van der Waals surface area contributed by atoms with Crippen molar-refractivity contribution in [2.75, 3.05) is 27.4 Å². The Bertz CT molecular complexity index is 643. The first kappa shape index (κ1) is 15.8. The van der Waals surface area contributed by atoms with E-state index in [-0.39, 0.29) is 6.04 Å². The van der Waals surface area contributed by atoms with Gasteiger partial charge in [-0.2, -0.15) is 0 Å². The van der Waals surface area contributed by atoms with Crippen LogP contribution >= 0.6 is 0 Å². The lowest BCUT2D eigenvalue weighted by Gasteiger charge is -2.28. The maximum absolute atomic E-state index is 5.91. The average molecular weight is 313 g/mol. The van der Waals surface area contributed by atoms with E-state index < -0.39 is 0 Å². The number of ether oxygens (including phenoxy) is 3. The molecule has 0 aromatic heterocycles. The molecule has 122 valence electrons. The summed E-state index contributed by atoms with van der Waals surface area (Å²) in [5.41, 5.74) is 3.73. The van der Waals surface area contributed by atoms with Crippen LogP contribution in [0.2, 0.25) is 0 Å². The molecule has 4 nitrogen and oxygen atoms in total. The predicted octanol–water partition coefficient (Wildman–Crippen LogP) is 3.11. The van der Waals surface area contributed by atoms with E-state index in [4.69, 9.17) is 14.2 Å². The van der Waals surface area contributed by atoms with Crippen molar-refractivity contribution in [1.82, 2.24) is 5.32 Å². The Hall–Kier alpha value is -2.04. The van der Waals surface area contributed by atoms with E-state index in [1.807, 2.05) is 18.2 Å². The molecule has 0 saturated carbocycles. The molecule has 1 N–H and O–H groups in total. The van der Waals surface area contributed by atoms with E-state index in [0.717, 1.165) is 24.5 Å². The molecule has 0 unspecified atom stereocenters. The third-order valence-electron chi connectivity index (χ3n) is 4.20. The molecule has 23 heavy (non-hydrogen) atoms. The van der Waals surface area contributed by atoms with Gasteiger partial charge in [-0.1, -0.05) is 30.3 Å². The van der Waals surface area contributed by atoms with Crippen molar-refractivity contribution in [1.29, 1.82) is 0 Å². The van der Waals surface area contributed by atoms with Crippen molar-refractivity contribution in [3.8, 4) is 11.5 Å². The second-order valence-corrected chi connectivity index (χ2v) is 5.66. The zero-order valence-corrected chi connectivity index (χ0v) is 13.7. The van der Waals surface area contributed by atoms with E-state index in [0.29, 0.717) is 13.2 Å². The molecule has 1 aliphatic heterocycles. The minimum Gasteiger partial charge on any atom is -0.493 e. The fourth-order valence-electron chi connectivity index (χ4n) is 2.99. The van der Waals surface area contributed by atoms with Gasteiger partial charge in [0.05, 0.1) is 33.5 Å². The van der Waals surface area contributed by atoms with Gasteiger partial charge >= 0.3 is 0 Å². The summed E-state index contributed by atoms with van der Waals surface area (Å²) in [5, 5.41) is 3.53. The Morgan fingerprint density at radius 3 is 2.52 bits per heavy atom. The molecule has 3 rings (SSSR count). The quantitative estimate of drug-likeness (QED) is 0.889. The minimum absolute atomic E-state index is 0.183. The molecular weight excluding hydrogens is 290 g/mol. The molecule has 1 aliphatic rings. The fraction of sp³-hybridized carbons (Fsp3) is 0.368. The standard InChI is InChI=1S/C19H23NO3/c1-21-18-10-15-8-9-20-17(16(15)11-19(18)22-2)13-23-12-14-6-4-3-5-7-14/h3-7,10-11,17,20H,8-9,12-13H2,1-2H3/t17-/m1/s1. The van der Waals surface area contributed by atoms with Gasteiger partial charge in [0.15, 0.2) is 11.5 Å². The molecule has 0 radical (unpaired) electrons. The van der Waals surface area contributed by atoms with Crippen molar-refractivity contribution in [3.63, 3.8) is 0 Å². The van der Waals surface area contributed by atoms with Gasteiger partial charge < -0.3 is 19.5 Å². The van der Waals surface area contributed by atoms with E-state index >= 15 is 0 Å². The zero-order valence-electron chi connectivity index (χ0n) is 13.7. The number of hydrogen-bond donors (Lipinski definition) is 1. The van der Waals surface area contributed by atoms with Crippen LogP contribution in [0.1, 0.15) is 22.7 Å². The number of nitrogens with one attached hydrogen (secondary N) is 1. The van der Waals surface area contributed by atoms with E-state index in [1.54, 1.807) is 14.2 Å². The van der Waals surface area contributed by atoms with Gasteiger partial charge in [0, 0.05) is 0 Å². The fourth-order valence-corrected chi connectivity index (χ4v) is 2.99. The number of rotatable bonds is 6. The van der Waals surface area contributed by atoms with Crippen LogP contribution in [-0.2, 0) is 17.8 Å². The second kappa shape index (κ2) is 7.49. The largest absolute Gasteiger partial charge is 0.493 e. The van der Waals surface area contributed by atoms with E-state index in [1.165, 1.54) is 16.7 Å². The van der Waals surface area contributed by atoms with Gasteiger partial charge in [-0.25, -0.2) is 0 Å². The molecule has 1 atom stereocenters. The van der Waals surface area contributed by atoms with Gasteiger partial charge in [-0.15, -0.1) is 0 Å². The molecule has 0 amide bonds. The summed E-state index contributed by atoms with van der Waals surface area (Å²) in [6.45, 7) is 2.21. The van der Waals surface area contributed by atoms with Crippen LogP contribution in [0.5, 0.6) is 11.5 Å². The van der Waals surface area contributed by atoms with Crippen molar-refractivity contribution >= 4 is 0 Å². The zero-order chi connectivity index (χ0) is 16.1. The summed E-state index contributed by atoms with van der Waals surface area (Å²) in [6, 6.07) is 14.6. The Morgan fingerprint density at radius 2 is 1.78 bits per heavy atom. The van der Waals surface area contributed by atoms with Gasteiger partial charge in [0.2, 0.25) is 0 Å². The average Bonchev–Trinajstić information content (AvgIpc) is 2.61. The number of hydrogen-bond acceptors (Lipinski definition) is 4. The molecule has 0 bridgehead atoms. The predicted molar refractivity (Wildman–Crippen MR) is 90.1 cm³/mol. The van der Waals surface area contributed by atoms with Crippen molar-refractivity contribution < 1.29 is 14.2 Å². The molecule has 0 fully saturated rings. The summed E-state index contributed by atoms with van der Waals surface area (Å²) in [7, 11) is 3.34. The Labute approximate surface area is 137 Å². The molecule has 2 aromatic carbocycles. The molecular formula is C19H23NO3. The van der Waals surface area contributed by atoms with E-state index in [2.05, 4.69) is 29.6 Å². The number of benzene rings is 2. The molecule has 0 spiro atoms. The van der Waals surface area contributed by atoms with Crippen molar-refractivity contribution in [2.24, 2.45) is 0 Å². The van der Waals surface area contributed by atoms with Crippen LogP contribution in [0.3, 0.4) is 0 Å². The Balaban J connectivity index is 1.70. The highest BCUT2D eigenvalue weighted by atomic mass is 16.5. The SMILES string of the molecule is COc1cc2c(cc1OC)[C@@H](COCc1ccccc1)NCC2. The lowest BCUT2D eigenvalue weighted by Crippen LogP contribution is -2.32. The third-order valence-corrected chi connectivity index (χ3v) is 4.20. The summed E-state index contributed by atoms with van der Waals surface area (Å²) >= 11 is 0. The highest BCUT2D eigenvalue weighted by Crippen LogP contribution is 2.35. The smallest absolute Gasteiger partial charge is 0.161 e. The first-order valence-corrected chi connectivity index (χ1v) is 7.91. The normalized spacial score (nSPS) is 16.7. The summed E-state index contributed by atoms with van der Waals surface area (Å²) in [5.74, 6) is 1.56. The minimum atomic E-state index is 0.183. The molecule has 0 aliphatic carbocycles. The van der Waals surface area contributed by atoms with Gasteiger partial charge in [0.25, 0.3) is 0 Å². The van der Waals surface area contributed by atoms with Gasteiger partial charge in [-0.3, -0.25) is 0 Å². The van der Waals surface area contributed by atoms with Gasteiger partial charge in [0.1, 0.15) is 0 Å². The van der Waals surface area contributed by atoms with Crippen LogP contribution in [0.4, 0.5) is 0 Å². The van der Waals surface area contributed by atoms with E-state index in [9.17, 15) is 0 Å². The maximum Gasteiger partial charge on any atom is 0.161 e. The highest BCUT2D eigenvalue weighted by molar-refractivity contribution is 5.49. The highest BCUT2D eigenvalue weighted by Gasteiger charge is 2.22. The second-order valence-electron chi connectivity index (χ2n) is 5.66. The lowest BCUT2D eigenvalue weighted by molar-refractivity contribution is 0.0968.